The molecule has 0 spiro atoms. The molecule has 0 radical (unpaired) electrons. The number of nitrogens with zero attached hydrogens (tertiary/aromatic N) is 3. The Morgan fingerprint density at radius 2 is 2.03 bits per heavy atom. The topological polar surface area (TPSA) is 87.5 Å². The van der Waals surface area contributed by atoms with Crippen molar-refractivity contribution < 1.29 is 14.3 Å². The van der Waals surface area contributed by atoms with Crippen molar-refractivity contribution in [2.45, 2.75) is 58.2 Å². The number of rotatable bonds is 4. The Morgan fingerprint density at radius 3 is 2.82 bits per heavy atom. The number of hydrogen-bond donors (Lipinski definition) is 2. The van der Waals surface area contributed by atoms with Crippen molar-refractivity contribution in [3.05, 3.63) is 63.2 Å². The number of aryl methyl sites for hydroxylation is 1. The van der Waals surface area contributed by atoms with Crippen LogP contribution in [0.25, 0.3) is 10.9 Å². The Morgan fingerprint density at radius 1 is 1.21 bits per heavy atom. The zero-order valence-corrected chi connectivity index (χ0v) is 18.8. The van der Waals surface area contributed by atoms with Crippen molar-refractivity contribution in [3.63, 3.8) is 0 Å². The molecule has 2 aliphatic heterocycles. The van der Waals surface area contributed by atoms with Crippen LogP contribution < -0.4 is 15.8 Å². The number of nitrogens with one attached hydrogen (secondary N) is 1. The average molecular weight is 451 g/mol. The molecule has 1 fully saturated rings. The molecule has 2 aromatic carbocycles. The summed E-state index contributed by atoms with van der Waals surface area (Å²) in [4.78, 5) is 32.4. The SMILES string of the molecule is Cc1cc([C@@H](C)Nc2ccc(F)cc2C(=O)O)c2nc3n(c(=O)c2c1)CCC1CCCCN31. The van der Waals surface area contributed by atoms with Gasteiger partial charge in [0.15, 0.2) is 0 Å². The van der Waals surface area contributed by atoms with Gasteiger partial charge in [-0.25, -0.2) is 14.2 Å². The monoisotopic (exact) mass is 450 g/mol. The summed E-state index contributed by atoms with van der Waals surface area (Å²) in [6.45, 7) is 5.40. The van der Waals surface area contributed by atoms with Gasteiger partial charge >= 0.3 is 5.97 Å². The molecule has 2 atom stereocenters. The fourth-order valence-electron chi connectivity index (χ4n) is 5.21. The maximum atomic E-state index is 13.6. The summed E-state index contributed by atoms with van der Waals surface area (Å²) in [7, 11) is 0. The van der Waals surface area contributed by atoms with Gasteiger partial charge < -0.3 is 15.3 Å². The zero-order chi connectivity index (χ0) is 23.3. The second kappa shape index (κ2) is 8.17. The molecule has 3 aromatic rings. The number of carboxylic acid groups (broad SMARTS) is 1. The second-order valence-corrected chi connectivity index (χ2v) is 9.11. The van der Waals surface area contributed by atoms with E-state index < -0.39 is 11.8 Å². The van der Waals surface area contributed by atoms with E-state index in [4.69, 9.17) is 4.98 Å². The van der Waals surface area contributed by atoms with Crippen LogP contribution in [-0.2, 0) is 6.54 Å². The minimum absolute atomic E-state index is 0.0378. The van der Waals surface area contributed by atoms with Gasteiger partial charge in [-0.15, -0.1) is 0 Å². The van der Waals surface area contributed by atoms with E-state index in [1.165, 1.54) is 18.6 Å². The van der Waals surface area contributed by atoms with Gasteiger partial charge in [0, 0.05) is 30.4 Å². The van der Waals surface area contributed by atoms with Crippen LogP contribution in [-0.4, -0.2) is 33.2 Å². The van der Waals surface area contributed by atoms with Crippen LogP contribution in [0, 0.1) is 12.7 Å². The van der Waals surface area contributed by atoms with Gasteiger partial charge in [0.25, 0.3) is 5.56 Å². The average Bonchev–Trinajstić information content (AvgIpc) is 2.80. The maximum Gasteiger partial charge on any atom is 0.337 e. The Labute approximate surface area is 190 Å². The first kappa shape index (κ1) is 21.4. The van der Waals surface area contributed by atoms with E-state index in [0.717, 1.165) is 48.9 Å². The predicted molar refractivity (Wildman–Crippen MR) is 126 cm³/mol. The van der Waals surface area contributed by atoms with Gasteiger partial charge in [0.1, 0.15) is 5.82 Å². The molecule has 0 bridgehead atoms. The minimum atomic E-state index is -1.21. The van der Waals surface area contributed by atoms with E-state index in [9.17, 15) is 19.1 Å². The highest BCUT2D eigenvalue weighted by Gasteiger charge is 2.31. The van der Waals surface area contributed by atoms with E-state index in [-0.39, 0.29) is 17.2 Å². The van der Waals surface area contributed by atoms with E-state index in [2.05, 4.69) is 10.2 Å². The molecule has 1 aromatic heterocycles. The van der Waals surface area contributed by atoms with Gasteiger partial charge in [0.2, 0.25) is 5.95 Å². The smallest absolute Gasteiger partial charge is 0.337 e. The summed E-state index contributed by atoms with van der Waals surface area (Å²) in [5, 5.41) is 13.3. The largest absolute Gasteiger partial charge is 0.478 e. The molecule has 2 N–H and O–H groups in total. The first-order valence-electron chi connectivity index (χ1n) is 11.4. The lowest BCUT2D eigenvalue weighted by atomic mass is 9.97. The van der Waals surface area contributed by atoms with Gasteiger partial charge in [0.05, 0.1) is 22.5 Å². The van der Waals surface area contributed by atoms with Gasteiger partial charge in [-0.2, -0.15) is 0 Å². The number of piperidine rings is 1. The van der Waals surface area contributed by atoms with E-state index >= 15 is 0 Å². The van der Waals surface area contributed by atoms with Crippen LogP contribution in [0.4, 0.5) is 16.0 Å². The lowest BCUT2D eigenvalue weighted by molar-refractivity contribution is 0.0697. The van der Waals surface area contributed by atoms with Gasteiger partial charge in [-0.05, 0) is 69.4 Å². The van der Waals surface area contributed by atoms with Gasteiger partial charge in [-0.1, -0.05) is 6.07 Å². The predicted octanol–water partition coefficient (Wildman–Crippen LogP) is 4.48. The third kappa shape index (κ3) is 3.73. The molecule has 3 heterocycles. The normalized spacial score (nSPS) is 18.5. The number of fused-ring (bicyclic) bond motifs is 4. The number of aromatic carboxylic acids is 1. The number of carboxylic acids is 1. The summed E-state index contributed by atoms with van der Waals surface area (Å²) in [6.07, 6.45) is 4.37. The number of benzene rings is 2. The van der Waals surface area contributed by atoms with Crippen molar-refractivity contribution in [1.29, 1.82) is 0 Å². The van der Waals surface area contributed by atoms with Crippen molar-refractivity contribution in [3.8, 4) is 0 Å². The Kier molecular flexibility index (Phi) is 5.31. The molecule has 2 aliphatic rings. The summed E-state index contributed by atoms with van der Waals surface area (Å²) < 4.78 is 15.4. The standard InChI is InChI=1S/C25H27FN4O3/c1-14-11-18(15(2)27-21-7-6-16(26)13-19(21)24(32)33)22-20(12-14)23(31)30-10-8-17-5-3-4-9-29(17)25(30)28-22/h6-7,11-13,15,17,27H,3-5,8-10H2,1-2H3,(H,32,33)/t15-,17?/m1/s1. The fraction of sp³-hybridized carbons (Fsp3) is 0.400. The molecule has 172 valence electrons. The zero-order valence-electron chi connectivity index (χ0n) is 18.8. The molecule has 8 heteroatoms. The summed E-state index contributed by atoms with van der Waals surface area (Å²) in [6, 6.07) is 7.57. The van der Waals surface area contributed by atoms with Crippen LogP contribution in [0.1, 0.15) is 60.1 Å². The van der Waals surface area contributed by atoms with Crippen LogP contribution >= 0.6 is 0 Å². The molecule has 1 saturated heterocycles. The Balaban J connectivity index is 1.62. The van der Waals surface area contributed by atoms with E-state index in [1.807, 2.05) is 26.0 Å². The third-order valence-electron chi connectivity index (χ3n) is 6.83. The van der Waals surface area contributed by atoms with Crippen molar-refractivity contribution >= 4 is 28.5 Å². The number of hydrogen-bond acceptors (Lipinski definition) is 5. The highest BCUT2D eigenvalue weighted by atomic mass is 19.1. The molecule has 0 aliphatic carbocycles. The quantitative estimate of drug-likeness (QED) is 0.610. The van der Waals surface area contributed by atoms with E-state index in [1.54, 1.807) is 4.57 Å². The highest BCUT2D eigenvalue weighted by molar-refractivity contribution is 5.94. The molecule has 7 nitrogen and oxygen atoms in total. The van der Waals surface area contributed by atoms with Crippen LogP contribution in [0.15, 0.2) is 35.1 Å². The lowest BCUT2D eigenvalue weighted by Crippen LogP contribution is -2.48. The molecular weight excluding hydrogens is 423 g/mol. The van der Waals surface area contributed by atoms with E-state index in [0.29, 0.717) is 29.2 Å². The van der Waals surface area contributed by atoms with Crippen LogP contribution in [0.5, 0.6) is 0 Å². The second-order valence-electron chi connectivity index (χ2n) is 9.11. The molecule has 0 saturated carbocycles. The first-order chi connectivity index (χ1) is 15.8. The summed E-state index contributed by atoms with van der Waals surface area (Å²) in [5.41, 5.74) is 2.50. The third-order valence-corrected chi connectivity index (χ3v) is 6.83. The van der Waals surface area contributed by atoms with Crippen LogP contribution in [0.2, 0.25) is 0 Å². The number of anilines is 2. The molecule has 0 amide bonds. The summed E-state index contributed by atoms with van der Waals surface area (Å²) >= 11 is 0. The van der Waals surface area contributed by atoms with Gasteiger partial charge in [-0.3, -0.25) is 9.36 Å². The first-order valence-corrected chi connectivity index (χ1v) is 11.4. The van der Waals surface area contributed by atoms with Crippen molar-refractivity contribution in [2.24, 2.45) is 0 Å². The minimum Gasteiger partial charge on any atom is -0.478 e. The molecular formula is C25H27FN4O3. The van der Waals surface area contributed by atoms with Crippen molar-refractivity contribution in [1.82, 2.24) is 9.55 Å². The highest BCUT2D eigenvalue weighted by Crippen LogP contribution is 2.33. The number of halogens is 1. The number of carbonyl (C=O) groups is 1. The Hall–Kier alpha value is -3.42. The molecule has 33 heavy (non-hydrogen) atoms. The molecule has 5 rings (SSSR count). The van der Waals surface area contributed by atoms with Crippen LogP contribution in [0.3, 0.4) is 0 Å². The fourth-order valence-corrected chi connectivity index (χ4v) is 5.21. The lowest BCUT2D eigenvalue weighted by Gasteiger charge is -2.41. The number of aromatic nitrogens is 2. The maximum absolute atomic E-state index is 13.6. The Bertz CT molecular complexity index is 1320. The van der Waals surface area contributed by atoms with Crippen molar-refractivity contribution in [2.75, 3.05) is 16.8 Å². The summed E-state index contributed by atoms with van der Waals surface area (Å²) in [5.74, 6) is -1.09. The molecule has 1 unspecified atom stereocenters.